The highest BCUT2D eigenvalue weighted by Gasteiger charge is 2.10. The highest BCUT2D eigenvalue weighted by atomic mass is 79.9. The predicted molar refractivity (Wildman–Crippen MR) is 89.5 cm³/mol. The van der Waals surface area contributed by atoms with Crippen molar-refractivity contribution in [1.29, 1.82) is 0 Å². The number of nitrogens with one attached hydrogen (secondary N) is 1. The van der Waals surface area contributed by atoms with Crippen LogP contribution in [0.2, 0.25) is 0 Å². The largest absolute Gasteiger partial charge is 0.465 e. The second-order valence-electron chi connectivity index (χ2n) is 4.50. The summed E-state index contributed by atoms with van der Waals surface area (Å²) < 4.78 is 2.43. The summed E-state index contributed by atoms with van der Waals surface area (Å²) in [6.45, 7) is 6.02. The van der Waals surface area contributed by atoms with E-state index in [1.165, 1.54) is 6.08 Å². The molecule has 1 rings (SSSR count). The van der Waals surface area contributed by atoms with Crippen molar-refractivity contribution < 1.29 is 14.8 Å². The number of halogens is 1. The van der Waals surface area contributed by atoms with E-state index < -0.39 is 11.0 Å². The first-order valence-corrected chi connectivity index (χ1v) is 7.52. The lowest BCUT2D eigenvalue weighted by Crippen LogP contribution is -2.22. The molecule has 0 radical (unpaired) electrons. The van der Waals surface area contributed by atoms with Crippen molar-refractivity contribution in [3.05, 3.63) is 57.0 Å². The molecule has 1 heterocycles. The van der Waals surface area contributed by atoms with E-state index in [0.29, 0.717) is 30.8 Å². The number of carboxylic acid groups (broad SMARTS) is 1. The smallest absolute Gasteiger partial charge is 0.404 e. The van der Waals surface area contributed by atoms with Gasteiger partial charge in [-0.15, -0.1) is 0 Å². The first kappa shape index (κ1) is 18.6. The quantitative estimate of drug-likeness (QED) is 0.309. The van der Waals surface area contributed by atoms with Crippen LogP contribution in [0.4, 0.5) is 4.79 Å². The number of nitro groups is 1. The molecule has 0 aliphatic heterocycles. The number of hydrogen-bond donors (Lipinski definition) is 2. The second kappa shape index (κ2) is 8.89. The van der Waals surface area contributed by atoms with E-state index in [2.05, 4.69) is 32.9 Å². The molecule has 0 spiro atoms. The predicted octanol–water partition coefficient (Wildman–Crippen LogP) is 3.05. The zero-order valence-corrected chi connectivity index (χ0v) is 14.1. The average Bonchev–Trinajstić information content (AvgIpc) is 2.85. The average molecular weight is 385 g/mol. The lowest BCUT2D eigenvalue weighted by molar-refractivity contribution is -0.418. The Hall–Kier alpha value is -2.42. The molecule has 2 N–H and O–H groups in total. The zero-order chi connectivity index (χ0) is 17.4. The highest BCUT2D eigenvalue weighted by molar-refractivity contribution is 9.10. The molecular formula is C14H17BrN4O4. The molecule has 0 atom stereocenters. The summed E-state index contributed by atoms with van der Waals surface area (Å²) in [7, 11) is 0. The fourth-order valence-corrected chi connectivity index (χ4v) is 2.25. The minimum Gasteiger partial charge on any atom is -0.465 e. The van der Waals surface area contributed by atoms with Crippen LogP contribution < -0.4 is 5.32 Å². The third kappa shape index (κ3) is 6.07. The third-order valence-electron chi connectivity index (χ3n) is 2.83. The van der Waals surface area contributed by atoms with Crippen molar-refractivity contribution in [1.82, 2.24) is 15.1 Å². The Morgan fingerprint density at radius 1 is 1.61 bits per heavy atom. The summed E-state index contributed by atoms with van der Waals surface area (Å²) in [5.41, 5.74) is 1.15. The number of hydrogen-bond acceptors (Lipinski definition) is 4. The molecule has 0 aromatic carbocycles. The molecule has 0 unspecified atom stereocenters. The van der Waals surface area contributed by atoms with Gasteiger partial charge in [-0.1, -0.05) is 6.08 Å². The lowest BCUT2D eigenvalue weighted by Gasteiger charge is -2.02. The minimum absolute atomic E-state index is 0.209. The van der Waals surface area contributed by atoms with Crippen LogP contribution in [0.25, 0.3) is 5.57 Å². The SMILES string of the molecule is C=C(C=CC(=CC)c1nn(CCCNC(=O)O)cc1Br)[N+](=O)[O-]. The Balaban J connectivity index is 2.77. The van der Waals surface area contributed by atoms with Gasteiger partial charge in [-0.3, -0.25) is 14.8 Å². The van der Waals surface area contributed by atoms with Crippen molar-refractivity contribution in [3.8, 4) is 0 Å². The van der Waals surface area contributed by atoms with Crippen LogP contribution in [-0.4, -0.2) is 32.4 Å². The van der Waals surface area contributed by atoms with Gasteiger partial charge in [0.25, 0.3) is 5.70 Å². The Kier molecular flexibility index (Phi) is 7.20. The van der Waals surface area contributed by atoms with Crippen molar-refractivity contribution in [3.63, 3.8) is 0 Å². The van der Waals surface area contributed by atoms with Gasteiger partial charge in [0.1, 0.15) is 5.69 Å². The Labute approximate surface area is 141 Å². The number of nitrogens with zero attached hydrogens (tertiary/aromatic N) is 3. The van der Waals surface area contributed by atoms with Gasteiger partial charge in [0, 0.05) is 25.4 Å². The maximum atomic E-state index is 10.6. The zero-order valence-electron chi connectivity index (χ0n) is 12.5. The van der Waals surface area contributed by atoms with Gasteiger partial charge < -0.3 is 10.4 Å². The topological polar surface area (TPSA) is 110 Å². The summed E-state index contributed by atoms with van der Waals surface area (Å²) in [5.74, 6) is 0. The molecule has 23 heavy (non-hydrogen) atoms. The number of aromatic nitrogens is 2. The molecule has 1 aromatic heterocycles. The molecule has 1 amide bonds. The molecule has 9 heteroatoms. The standard InChI is InChI=1S/C14H17BrN4O4/c1-3-11(6-5-10(2)19(22)23)13-12(15)9-18(17-13)8-4-7-16-14(20)21/h3,5-6,9,16H,2,4,7-8H2,1H3,(H,20,21). The number of carbonyl (C=O) groups is 1. The number of amides is 1. The van der Waals surface area contributed by atoms with Gasteiger partial charge in [0.2, 0.25) is 0 Å². The highest BCUT2D eigenvalue weighted by Crippen LogP contribution is 2.24. The number of allylic oxidation sites excluding steroid dienone is 4. The maximum absolute atomic E-state index is 10.6. The van der Waals surface area contributed by atoms with Crippen LogP contribution >= 0.6 is 15.9 Å². The van der Waals surface area contributed by atoms with Crippen LogP contribution in [0.15, 0.2) is 41.2 Å². The summed E-state index contributed by atoms with van der Waals surface area (Å²) in [5, 5.41) is 25.7. The monoisotopic (exact) mass is 384 g/mol. The van der Waals surface area contributed by atoms with E-state index >= 15 is 0 Å². The van der Waals surface area contributed by atoms with Crippen LogP contribution in [0.3, 0.4) is 0 Å². The number of aryl methyl sites for hydroxylation is 1. The van der Waals surface area contributed by atoms with Gasteiger partial charge in [0.15, 0.2) is 0 Å². The Morgan fingerprint density at radius 3 is 2.87 bits per heavy atom. The molecule has 0 saturated heterocycles. The van der Waals surface area contributed by atoms with E-state index in [4.69, 9.17) is 5.11 Å². The van der Waals surface area contributed by atoms with Crippen molar-refractivity contribution in [2.24, 2.45) is 0 Å². The summed E-state index contributed by atoms with van der Waals surface area (Å²) >= 11 is 3.40. The van der Waals surface area contributed by atoms with E-state index in [1.54, 1.807) is 30.0 Å². The van der Waals surface area contributed by atoms with E-state index in [9.17, 15) is 14.9 Å². The molecular weight excluding hydrogens is 368 g/mol. The van der Waals surface area contributed by atoms with Gasteiger partial charge in [-0.2, -0.15) is 5.10 Å². The lowest BCUT2D eigenvalue weighted by atomic mass is 10.1. The Morgan fingerprint density at radius 2 is 2.30 bits per heavy atom. The fraction of sp³-hybridized carbons (Fsp3) is 0.286. The van der Waals surface area contributed by atoms with Crippen LogP contribution in [-0.2, 0) is 6.54 Å². The van der Waals surface area contributed by atoms with Crippen molar-refractivity contribution in [2.45, 2.75) is 19.9 Å². The first-order chi connectivity index (χ1) is 10.8. The number of rotatable bonds is 8. The fourth-order valence-electron chi connectivity index (χ4n) is 1.70. The molecule has 0 aliphatic carbocycles. The van der Waals surface area contributed by atoms with Crippen LogP contribution in [0, 0.1) is 10.1 Å². The first-order valence-electron chi connectivity index (χ1n) is 6.73. The molecule has 0 bridgehead atoms. The normalized spacial score (nSPS) is 11.7. The molecule has 0 saturated carbocycles. The van der Waals surface area contributed by atoms with Crippen molar-refractivity contribution in [2.75, 3.05) is 6.54 Å². The molecule has 1 aromatic rings. The van der Waals surface area contributed by atoms with Gasteiger partial charge in [0.05, 0.1) is 9.40 Å². The Bertz CT molecular complexity index is 664. The van der Waals surface area contributed by atoms with E-state index in [-0.39, 0.29) is 5.70 Å². The minimum atomic E-state index is -1.06. The summed E-state index contributed by atoms with van der Waals surface area (Å²) in [6.07, 6.45) is 5.99. The van der Waals surface area contributed by atoms with Crippen molar-refractivity contribution >= 4 is 27.6 Å². The molecule has 0 aliphatic rings. The molecule has 124 valence electrons. The third-order valence-corrected chi connectivity index (χ3v) is 3.41. The summed E-state index contributed by atoms with van der Waals surface area (Å²) in [6, 6.07) is 0. The van der Waals surface area contributed by atoms with Gasteiger partial charge in [-0.25, -0.2) is 4.79 Å². The maximum Gasteiger partial charge on any atom is 0.404 e. The second-order valence-corrected chi connectivity index (χ2v) is 5.35. The van der Waals surface area contributed by atoms with E-state index in [0.717, 1.165) is 4.47 Å². The summed E-state index contributed by atoms with van der Waals surface area (Å²) in [4.78, 5) is 20.4. The molecule has 0 fully saturated rings. The van der Waals surface area contributed by atoms with E-state index in [1.807, 2.05) is 0 Å². The van der Waals surface area contributed by atoms with Gasteiger partial charge in [-0.05, 0) is 47.5 Å². The van der Waals surface area contributed by atoms with Crippen LogP contribution in [0.1, 0.15) is 19.0 Å². The molecule has 8 nitrogen and oxygen atoms in total. The van der Waals surface area contributed by atoms with Gasteiger partial charge >= 0.3 is 6.09 Å². The van der Waals surface area contributed by atoms with Crippen LogP contribution in [0.5, 0.6) is 0 Å².